The van der Waals surface area contributed by atoms with Gasteiger partial charge in [0.15, 0.2) is 21.1 Å². The molecule has 2 heterocycles. The lowest BCUT2D eigenvalue weighted by Crippen LogP contribution is -2.32. The number of aromatic nitrogens is 2. The summed E-state index contributed by atoms with van der Waals surface area (Å²) in [5, 5.41) is 16.8. The molecule has 404 valence electrons. The van der Waals surface area contributed by atoms with E-state index in [1.807, 2.05) is 0 Å². The van der Waals surface area contributed by atoms with Crippen LogP contribution in [0, 0.1) is 12.3 Å². The van der Waals surface area contributed by atoms with E-state index in [2.05, 4.69) is 14.7 Å². The number of benzene rings is 2. The highest BCUT2D eigenvalue weighted by atomic mass is 32.2. The van der Waals surface area contributed by atoms with Crippen molar-refractivity contribution in [3.63, 3.8) is 0 Å². The van der Waals surface area contributed by atoms with E-state index in [9.17, 15) is 26.2 Å². The number of aliphatic carboxylic acids is 1. The Morgan fingerprint density at radius 1 is 0.597 bits per heavy atom. The van der Waals surface area contributed by atoms with Crippen LogP contribution in [0.25, 0.3) is 33.6 Å². The van der Waals surface area contributed by atoms with Gasteiger partial charge in [0.05, 0.1) is 187 Å². The van der Waals surface area contributed by atoms with E-state index in [4.69, 9.17) is 77.5 Å². The van der Waals surface area contributed by atoms with Crippen molar-refractivity contribution in [2.75, 3.05) is 171 Å². The molecular weight excluding hydrogens is 995 g/mol. The molecule has 27 heteroatoms. The van der Waals surface area contributed by atoms with Crippen molar-refractivity contribution in [2.45, 2.75) is 23.1 Å². The predicted molar refractivity (Wildman–Crippen MR) is 256 cm³/mol. The number of carboxylic acids is 1. The number of carbonyl (C=O) groups is 1. The summed E-state index contributed by atoms with van der Waals surface area (Å²) >= 11 is 0. The second-order valence-electron chi connectivity index (χ2n) is 15.0. The van der Waals surface area contributed by atoms with Gasteiger partial charge in [0.2, 0.25) is 10.0 Å². The summed E-state index contributed by atoms with van der Waals surface area (Å²) in [6.07, 6.45) is 2.85. The summed E-state index contributed by atoms with van der Waals surface area (Å²) in [5.41, 5.74) is 6.37. The normalized spacial score (nSPS) is 12.1. The Bertz CT molecular complexity index is 2450. The predicted octanol–water partition coefficient (Wildman–Crippen LogP) is 1.56. The standard InChI is InChI=1S/C45H67N5O20S2/c1-34-41(49-8-7-48-34)40-35-2-4-37(46)44(42(35)70-43-36(40)3-5-38(47)45(43)72(55,56)57)71(53,54)50-9-11-59-13-15-61-17-19-63-21-23-65-25-27-67-29-31-69-33-32-68-30-28-66-26-24-64-22-20-62-18-16-60-14-12-58-10-6-39(51)52/h2-5,7-8,46,50H,6,9-33,47H2,1H3,(H,51,52)(H,55,56,57). The minimum atomic E-state index is -4.97. The lowest BCUT2D eigenvalue weighted by atomic mass is 9.95. The van der Waals surface area contributed by atoms with Crippen molar-refractivity contribution in [1.82, 2.24) is 14.7 Å². The number of aryl methyl sites for hydroxylation is 1. The first-order valence-corrected chi connectivity index (χ1v) is 26.0. The maximum absolute atomic E-state index is 13.7. The maximum atomic E-state index is 13.7. The molecule has 0 atom stereocenters. The van der Waals surface area contributed by atoms with Crippen LogP contribution in [0.2, 0.25) is 0 Å². The molecule has 1 aromatic carbocycles. The van der Waals surface area contributed by atoms with Gasteiger partial charge in [-0.1, -0.05) is 0 Å². The van der Waals surface area contributed by atoms with Gasteiger partial charge >= 0.3 is 5.97 Å². The highest BCUT2D eigenvalue weighted by Crippen LogP contribution is 2.44. The van der Waals surface area contributed by atoms with Crippen LogP contribution in [-0.2, 0) is 81.8 Å². The number of rotatable bonds is 43. The van der Waals surface area contributed by atoms with Crippen LogP contribution >= 0.6 is 0 Å². The van der Waals surface area contributed by atoms with Crippen LogP contribution in [0.4, 0.5) is 5.69 Å². The second-order valence-corrected chi connectivity index (χ2v) is 18.1. The summed E-state index contributed by atoms with van der Waals surface area (Å²) in [6.45, 7) is 10.2. The number of hydrogen-bond donors (Lipinski definition) is 5. The number of ether oxygens (including phenoxy) is 12. The van der Waals surface area contributed by atoms with Gasteiger partial charge in [-0.2, -0.15) is 8.42 Å². The molecule has 6 N–H and O–H groups in total. The molecule has 1 aliphatic heterocycles. The van der Waals surface area contributed by atoms with E-state index < -0.39 is 46.8 Å². The minimum Gasteiger partial charge on any atom is -0.481 e. The van der Waals surface area contributed by atoms with Crippen molar-refractivity contribution in [3.05, 3.63) is 47.7 Å². The van der Waals surface area contributed by atoms with Gasteiger partial charge in [-0.25, -0.2) is 13.1 Å². The fraction of sp³-hybridized carbons (Fsp3) is 0.600. The number of sulfonamides is 1. The number of nitrogen functional groups attached to an aromatic ring is 1. The van der Waals surface area contributed by atoms with E-state index in [1.165, 1.54) is 36.7 Å². The monoisotopic (exact) mass is 1060 g/mol. The van der Waals surface area contributed by atoms with Crippen molar-refractivity contribution in [1.29, 1.82) is 5.41 Å². The Morgan fingerprint density at radius 3 is 1.40 bits per heavy atom. The van der Waals surface area contributed by atoms with Gasteiger partial charge in [0, 0.05) is 35.5 Å². The Labute approximate surface area is 418 Å². The third-order valence-corrected chi connectivity index (χ3v) is 12.2. The van der Waals surface area contributed by atoms with E-state index in [0.29, 0.717) is 138 Å². The zero-order chi connectivity index (χ0) is 51.9. The number of anilines is 1. The lowest BCUT2D eigenvalue weighted by Gasteiger charge is -2.19. The third-order valence-electron chi connectivity index (χ3n) is 9.73. The van der Waals surface area contributed by atoms with Gasteiger partial charge in [-0.05, 0) is 31.2 Å². The van der Waals surface area contributed by atoms with Crippen molar-refractivity contribution in [2.24, 2.45) is 0 Å². The molecule has 72 heavy (non-hydrogen) atoms. The molecule has 2 aliphatic rings. The van der Waals surface area contributed by atoms with Crippen molar-refractivity contribution < 1.29 is 92.5 Å². The molecule has 0 bridgehead atoms. The number of hydrogen-bond acceptors (Lipinski definition) is 22. The maximum Gasteiger partial charge on any atom is 0.305 e. The molecule has 0 spiro atoms. The Hall–Kier alpha value is -4.40. The zero-order valence-corrected chi connectivity index (χ0v) is 42.0. The Balaban J connectivity index is 0.945. The molecule has 2 aromatic rings. The van der Waals surface area contributed by atoms with E-state index in [0.717, 1.165) is 0 Å². The summed E-state index contributed by atoms with van der Waals surface area (Å²) in [4.78, 5) is 17.7. The molecule has 1 aliphatic carbocycles. The highest BCUT2D eigenvalue weighted by Gasteiger charge is 2.32. The molecule has 0 amide bonds. The van der Waals surface area contributed by atoms with Crippen LogP contribution in [0.3, 0.4) is 0 Å². The fourth-order valence-corrected chi connectivity index (χ4v) is 8.43. The first-order valence-electron chi connectivity index (χ1n) is 23.1. The van der Waals surface area contributed by atoms with E-state index in [1.54, 1.807) is 6.92 Å². The molecule has 0 unspecified atom stereocenters. The summed E-state index contributed by atoms with van der Waals surface area (Å²) in [6, 6.07) is 5.48. The number of nitrogens with one attached hydrogen (secondary N) is 2. The zero-order valence-electron chi connectivity index (χ0n) is 40.4. The van der Waals surface area contributed by atoms with E-state index >= 15 is 0 Å². The van der Waals surface area contributed by atoms with Gasteiger partial charge in [0.25, 0.3) is 10.1 Å². The largest absolute Gasteiger partial charge is 0.481 e. The summed E-state index contributed by atoms with van der Waals surface area (Å²) in [7, 11) is -9.44. The average Bonchev–Trinajstić information content (AvgIpc) is 3.33. The first-order chi connectivity index (χ1) is 34.8. The Kier molecular flexibility index (Phi) is 28.5. The number of carboxylic acid groups (broad SMARTS) is 1. The first kappa shape index (κ1) is 60.2. The molecule has 0 saturated heterocycles. The number of fused-ring (bicyclic) bond motifs is 2. The summed E-state index contributed by atoms with van der Waals surface area (Å²) < 4.78 is 136. The molecule has 0 saturated carbocycles. The average molecular weight is 1060 g/mol. The van der Waals surface area contributed by atoms with Gasteiger partial charge < -0.3 is 72.1 Å². The highest BCUT2D eigenvalue weighted by molar-refractivity contribution is 7.89. The van der Waals surface area contributed by atoms with Crippen LogP contribution < -0.4 is 15.8 Å². The van der Waals surface area contributed by atoms with Crippen molar-refractivity contribution in [3.8, 4) is 22.6 Å². The molecule has 4 rings (SSSR count). The number of nitrogens with two attached hydrogens (primary N) is 1. The van der Waals surface area contributed by atoms with Gasteiger partial charge in [-0.15, -0.1) is 0 Å². The molecule has 1 aromatic heterocycles. The second kappa shape index (κ2) is 34.2. The SMILES string of the molecule is Cc1nccnc1-c1c2ccc(=N)c(S(=O)(=O)NCCOCCOCCOCCOCCOCCOCCOCCOCCOCCOCCOCCOCCC(=O)O)c-2oc2c(S(=O)(=O)O)c(N)ccc12. The topological polar surface area (TPSA) is 337 Å². The van der Waals surface area contributed by atoms with Crippen LogP contribution in [-0.4, -0.2) is 208 Å². The summed E-state index contributed by atoms with van der Waals surface area (Å²) in [5.74, 6) is -1.25. The molecule has 0 radical (unpaired) electrons. The lowest BCUT2D eigenvalue weighted by molar-refractivity contribution is -0.138. The van der Waals surface area contributed by atoms with Gasteiger partial charge in [-0.3, -0.25) is 24.7 Å². The van der Waals surface area contributed by atoms with Crippen LogP contribution in [0.5, 0.6) is 0 Å². The van der Waals surface area contributed by atoms with Crippen molar-refractivity contribution >= 4 is 42.8 Å². The molecule has 25 nitrogen and oxygen atoms in total. The van der Waals surface area contributed by atoms with Crippen LogP contribution in [0.1, 0.15) is 12.1 Å². The smallest absolute Gasteiger partial charge is 0.305 e. The quantitative estimate of drug-likeness (QED) is 0.0182. The molecular formula is C45H67N5O20S2. The third kappa shape index (κ3) is 22.0. The van der Waals surface area contributed by atoms with E-state index in [-0.39, 0.29) is 73.0 Å². The number of nitrogens with zero attached hydrogens (tertiary/aromatic N) is 2. The Morgan fingerprint density at radius 2 is 1.00 bits per heavy atom. The van der Waals surface area contributed by atoms with Crippen LogP contribution in [0.15, 0.2) is 50.9 Å². The minimum absolute atomic E-state index is 0.0222. The fourth-order valence-electron chi connectivity index (χ4n) is 6.43. The molecule has 0 fully saturated rings. The van der Waals surface area contributed by atoms with Gasteiger partial charge in [0.1, 0.15) is 0 Å².